The molecule has 7 nitrogen and oxygen atoms in total. The second-order valence-electron chi connectivity index (χ2n) is 13.8. The number of aromatic nitrogens is 3. The van der Waals surface area contributed by atoms with Gasteiger partial charge in [-0.25, -0.2) is 0 Å². The van der Waals surface area contributed by atoms with Crippen LogP contribution in [0, 0.1) is 6.92 Å². The predicted octanol–water partition coefficient (Wildman–Crippen LogP) is 6.43. The van der Waals surface area contributed by atoms with Crippen molar-refractivity contribution < 1.29 is 0 Å². The van der Waals surface area contributed by atoms with E-state index in [0.717, 1.165) is 82.2 Å². The minimum absolute atomic E-state index is 0.0494. The zero-order chi connectivity index (χ0) is 28.5. The van der Waals surface area contributed by atoms with Gasteiger partial charge in [-0.2, -0.15) is 15.0 Å². The summed E-state index contributed by atoms with van der Waals surface area (Å²) in [6.45, 7) is 27.1. The van der Waals surface area contributed by atoms with Gasteiger partial charge >= 0.3 is 0 Å². The Bertz CT molecular complexity index is 936. The van der Waals surface area contributed by atoms with E-state index in [9.17, 15) is 0 Å². The molecule has 1 atom stereocenters. The molecule has 1 aromatic heterocycles. The van der Waals surface area contributed by atoms with E-state index in [1.807, 2.05) is 6.92 Å². The first-order valence-electron chi connectivity index (χ1n) is 15.0. The van der Waals surface area contributed by atoms with Gasteiger partial charge in [0.05, 0.1) is 0 Å². The maximum atomic E-state index is 5.27. The first-order valence-corrected chi connectivity index (χ1v) is 15.0. The summed E-state index contributed by atoms with van der Waals surface area (Å²) in [5.74, 6) is 2.51. The van der Waals surface area contributed by atoms with Gasteiger partial charge in [0.1, 0.15) is 5.82 Å². The van der Waals surface area contributed by atoms with Gasteiger partial charge in [0.25, 0.3) is 0 Å². The van der Waals surface area contributed by atoms with Gasteiger partial charge in [0.2, 0.25) is 11.9 Å². The van der Waals surface area contributed by atoms with Crippen LogP contribution in [0.5, 0.6) is 0 Å². The van der Waals surface area contributed by atoms with Gasteiger partial charge in [-0.1, -0.05) is 33.3 Å². The molecule has 0 bridgehead atoms. The summed E-state index contributed by atoms with van der Waals surface area (Å²) in [7, 11) is 4.46. The van der Waals surface area contributed by atoms with Crippen LogP contribution in [-0.2, 0) is 0 Å². The molecule has 2 aliphatic rings. The predicted molar refractivity (Wildman–Crippen MR) is 162 cm³/mol. The normalized spacial score (nSPS) is 23.5. The molecule has 2 aliphatic heterocycles. The van der Waals surface area contributed by atoms with Crippen LogP contribution in [0.2, 0.25) is 0 Å². The van der Waals surface area contributed by atoms with Crippen molar-refractivity contribution in [2.45, 2.75) is 142 Å². The van der Waals surface area contributed by atoms with Crippen LogP contribution in [0.25, 0.3) is 0 Å². The van der Waals surface area contributed by atoms with Crippen LogP contribution in [0.15, 0.2) is 12.3 Å². The molecule has 0 radical (unpaired) electrons. The largest absolute Gasteiger partial charge is 0.373 e. The lowest BCUT2D eigenvalue weighted by molar-refractivity contribution is -0.0129. The molecule has 0 aromatic carbocycles. The smallest absolute Gasteiger partial charge is 0.230 e. The van der Waals surface area contributed by atoms with Crippen LogP contribution in [-0.4, -0.2) is 80.6 Å². The molecule has 0 aliphatic carbocycles. The van der Waals surface area contributed by atoms with Crippen molar-refractivity contribution in [2.24, 2.45) is 0 Å². The summed E-state index contributed by atoms with van der Waals surface area (Å²) in [5, 5.41) is 0. The van der Waals surface area contributed by atoms with Crippen molar-refractivity contribution in [2.75, 3.05) is 37.0 Å². The van der Waals surface area contributed by atoms with Gasteiger partial charge in [-0.05, 0) is 87.6 Å². The van der Waals surface area contributed by atoms with E-state index in [0.29, 0.717) is 12.1 Å². The molecule has 1 aromatic rings. The van der Waals surface area contributed by atoms with Gasteiger partial charge in [0, 0.05) is 61.0 Å². The minimum Gasteiger partial charge on any atom is -0.373 e. The number of aryl methyl sites for hydroxylation is 1. The van der Waals surface area contributed by atoms with Crippen LogP contribution >= 0.6 is 0 Å². The molecule has 0 N–H and O–H groups in total. The van der Waals surface area contributed by atoms with Crippen LogP contribution < -0.4 is 9.80 Å². The van der Waals surface area contributed by atoms with Crippen LogP contribution in [0.3, 0.4) is 0 Å². The molecular formula is C31H57N7. The van der Waals surface area contributed by atoms with Crippen molar-refractivity contribution in [1.82, 2.24) is 24.8 Å². The number of nitrogens with zero attached hydrogens (tertiary/aromatic N) is 7. The van der Waals surface area contributed by atoms with Gasteiger partial charge < -0.3 is 14.7 Å². The highest BCUT2D eigenvalue weighted by molar-refractivity contribution is 5.42. The van der Waals surface area contributed by atoms with Crippen molar-refractivity contribution in [1.29, 1.82) is 0 Å². The maximum Gasteiger partial charge on any atom is 0.230 e. The zero-order valence-electron chi connectivity index (χ0n) is 26.6. The third kappa shape index (κ3) is 6.63. The van der Waals surface area contributed by atoms with Crippen LogP contribution in [0.1, 0.15) is 113 Å². The average molecular weight is 528 g/mol. The Balaban J connectivity index is 2.02. The van der Waals surface area contributed by atoms with E-state index in [1.54, 1.807) is 0 Å². The molecule has 0 amide bonds. The van der Waals surface area contributed by atoms with Crippen molar-refractivity contribution >= 4 is 11.9 Å². The van der Waals surface area contributed by atoms with Gasteiger partial charge in [-0.3, -0.25) is 4.90 Å². The molecule has 216 valence electrons. The zero-order valence-corrected chi connectivity index (χ0v) is 26.6. The SMILES string of the molecule is C=C1CC(N(CCCC)c2nc(C)nc(N(CCCC)C3CC(C)(C)N(C)C(C)(C)C3)n2)CC(C)(C)N1C. The minimum atomic E-state index is 0.0494. The Morgan fingerprint density at radius 3 is 1.66 bits per heavy atom. The van der Waals surface area contributed by atoms with E-state index >= 15 is 0 Å². The summed E-state index contributed by atoms with van der Waals surface area (Å²) in [4.78, 5) is 25.1. The molecule has 0 saturated carbocycles. The fourth-order valence-corrected chi connectivity index (χ4v) is 6.64. The summed E-state index contributed by atoms with van der Waals surface area (Å²) < 4.78 is 0. The van der Waals surface area contributed by atoms with Crippen molar-refractivity contribution in [3.63, 3.8) is 0 Å². The van der Waals surface area contributed by atoms with Crippen molar-refractivity contribution in [3.8, 4) is 0 Å². The first kappa shape index (κ1) is 30.6. The first-order chi connectivity index (χ1) is 17.6. The standard InChI is InChI=1S/C31H57N7/c1-13-15-17-37(25-19-23(3)35(11)29(5,6)20-25)27-32-24(4)33-28(34-27)38(18-16-14-2)26-21-30(7,8)36(12)31(9,10)22-26/h25-26H,3,13-22H2,1-2,4-12H3. The molecule has 1 unspecified atom stereocenters. The fraction of sp³-hybridized carbons (Fsp3) is 0.839. The molecule has 3 rings (SSSR count). The van der Waals surface area contributed by atoms with Gasteiger partial charge in [0.15, 0.2) is 0 Å². The fourth-order valence-electron chi connectivity index (χ4n) is 6.64. The maximum absolute atomic E-state index is 5.27. The quantitative estimate of drug-likeness (QED) is 0.347. The number of likely N-dealkylation sites (tertiary alicyclic amines) is 2. The highest BCUT2D eigenvalue weighted by atomic mass is 15.4. The summed E-state index contributed by atoms with van der Waals surface area (Å²) in [6, 6.07) is 0.726. The highest BCUT2D eigenvalue weighted by Gasteiger charge is 2.45. The molecular weight excluding hydrogens is 470 g/mol. The Labute approximate surface area is 234 Å². The number of hydrogen-bond acceptors (Lipinski definition) is 7. The second kappa shape index (κ2) is 11.7. The number of rotatable bonds is 10. The second-order valence-corrected chi connectivity index (χ2v) is 13.8. The lowest BCUT2D eigenvalue weighted by Crippen LogP contribution is -2.63. The Hall–Kier alpha value is -1.89. The number of piperidine rings is 2. The van der Waals surface area contributed by atoms with Crippen molar-refractivity contribution in [3.05, 3.63) is 18.1 Å². The van der Waals surface area contributed by atoms with E-state index in [2.05, 4.69) is 95.7 Å². The Kier molecular flexibility index (Phi) is 9.43. The molecule has 0 spiro atoms. The third-order valence-electron chi connectivity index (χ3n) is 9.50. The molecule has 38 heavy (non-hydrogen) atoms. The molecule has 3 heterocycles. The lowest BCUT2D eigenvalue weighted by atomic mass is 9.77. The van der Waals surface area contributed by atoms with E-state index < -0.39 is 0 Å². The topological polar surface area (TPSA) is 51.6 Å². The lowest BCUT2D eigenvalue weighted by Gasteiger charge is -2.55. The van der Waals surface area contributed by atoms with E-state index in [1.165, 1.54) is 5.70 Å². The summed E-state index contributed by atoms with van der Waals surface area (Å²) in [5.41, 5.74) is 1.46. The van der Waals surface area contributed by atoms with E-state index in [4.69, 9.17) is 15.0 Å². The molecule has 7 heteroatoms. The number of hydrogen-bond donors (Lipinski definition) is 0. The highest BCUT2D eigenvalue weighted by Crippen LogP contribution is 2.40. The Morgan fingerprint density at radius 2 is 1.21 bits per heavy atom. The number of anilines is 2. The third-order valence-corrected chi connectivity index (χ3v) is 9.50. The average Bonchev–Trinajstić information content (AvgIpc) is 2.80. The van der Waals surface area contributed by atoms with E-state index in [-0.39, 0.29) is 16.6 Å². The summed E-state index contributed by atoms with van der Waals surface area (Å²) in [6.07, 6.45) is 8.75. The number of unbranched alkanes of at least 4 members (excludes halogenated alkanes) is 2. The molecule has 2 saturated heterocycles. The summed E-state index contributed by atoms with van der Waals surface area (Å²) >= 11 is 0. The van der Waals surface area contributed by atoms with Crippen LogP contribution in [0.4, 0.5) is 11.9 Å². The Morgan fingerprint density at radius 1 is 0.763 bits per heavy atom. The monoisotopic (exact) mass is 527 g/mol. The molecule has 2 fully saturated rings. The van der Waals surface area contributed by atoms with Gasteiger partial charge in [-0.15, -0.1) is 0 Å².